The van der Waals surface area contributed by atoms with E-state index in [1.54, 1.807) is 38.3 Å². The number of rotatable bonds is 5. The molecule has 3 rings (SSSR count). The monoisotopic (exact) mass is 369 g/mol. The molecule has 0 fully saturated rings. The quantitative estimate of drug-likeness (QED) is 0.859. The molecule has 0 bridgehead atoms. The topological polar surface area (TPSA) is 56.8 Å². The summed E-state index contributed by atoms with van der Waals surface area (Å²) < 4.78 is 17.0. The van der Waals surface area contributed by atoms with E-state index in [0.29, 0.717) is 12.2 Å². The molecular formula is C22H27NO4. The van der Waals surface area contributed by atoms with E-state index in [1.165, 1.54) is 0 Å². The lowest BCUT2D eigenvalue weighted by Crippen LogP contribution is -2.44. The number of aryl methyl sites for hydroxylation is 1. The molecule has 0 saturated heterocycles. The van der Waals surface area contributed by atoms with Crippen LogP contribution in [0.25, 0.3) is 0 Å². The van der Waals surface area contributed by atoms with Crippen molar-refractivity contribution >= 4 is 5.91 Å². The highest BCUT2D eigenvalue weighted by atomic mass is 16.5. The highest BCUT2D eigenvalue weighted by Crippen LogP contribution is 2.39. The van der Waals surface area contributed by atoms with Crippen molar-refractivity contribution in [3.63, 3.8) is 0 Å². The second kappa shape index (κ2) is 7.51. The first-order chi connectivity index (χ1) is 12.8. The van der Waals surface area contributed by atoms with Crippen molar-refractivity contribution < 1.29 is 19.0 Å². The number of ether oxygens (including phenoxy) is 3. The fourth-order valence-corrected chi connectivity index (χ4v) is 3.29. The average Bonchev–Trinajstić information content (AvgIpc) is 2.60. The molecule has 5 heteroatoms. The number of hydrogen-bond donors (Lipinski definition) is 1. The molecule has 1 N–H and O–H groups in total. The molecule has 144 valence electrons. The van der Waals surface area contributed by atoms with E-state index >= 15 is 0 Å². The Morgan fingerprint density at radius 2 is 1.85 bits per heavy atom. The molecule has 27 heavy (non-hydrogen) atoms. The highest BCUT2D eigenvalue weighted by Gasteiger charge is 2.35. The minimum atomic E-state index is -0.613. The lowest BCUT2D eigenvalue weighted by Gasteiger charge is -2.38. The number of benzene rings is 2. The van der Waals surface area contributed by atoms with Gasteiger partial charge < -0.3 is 19.5 Å². The first-order valence-electron chi connectivity index (χ1n) is 9.18. The predicted octanol–water partition coefficient (Wildman–Crippen LogP) is 4.19. The summed E-state index contributed by atoms with van der Waals surface area (Å²) in [6, 6.07) is 13.2. The maximum Gasteiger partial charge on any atom is 0.261 e. The summed E-state index contributed by atoms with van der Waals surface area (Å²) in [4.78, 5) is 12.7. The first kappa shape index (κ1) is 19.1. The van der Waals surface area contributed by atoms with Gasteiger partial charge in [-0.05, 0) is 63.6 Å². The second-order valence-corrected chi connectivity index (χ2v) is 7.60. The van der Waals surface area contributed by atoms with Crippen LogP contribution in [0.1, 0.15) is 44.4 Å². The van der Waals surface area contributed by atoms with Crippen LogP contribution in [0.5, 0.6) is 17.2 Å². The third kappa shape index (κ3) is 4.54. The Hall–Kier alpha value is -2.69. The van der Waals surface area contributed by atoms with E-state index in [4.69, 9.17) is 14.2 Å². The van der Waals surface area contributed by atoms with Gasteiger partial charge in [-0.3, -0.25) is 4.79 Å². The number of nitrogens with one attached hydrogen (secondary N) is 1. The molecule has 2 aromatic carbocycles. The fraction of sp³-hybridized carbons (Fsp3) is 0.409. The Morgan fingerprint density at radius 3 is 2.52 bits per heavy atom. The molecule has 0 aliphatic carbocycles. The van der Waals surface area contributed by atoms with Crippen LogP contribution in [0.4, 0.5) is 0 Å². The zero-order chi connectivity index (χ0) is 19.6. The van der Waals surface area contributed by atoms with Crippen LogP contribution >= 0.6 is 0 Å². The summed E-state index contributed by atoms with van der Waals surface area (Å²) in [6.45, 7) is 7.85. The van der Waals surface area contributed by atoms with Gasteiger partial charge in [0.05, 0.1) is 13.2 Å². The van der Waals surface area contributed by atoms with Crippen LogP contribution in [0.3, 0.4) is 0 Å². The van der Waals surface area contributed by atoms with E-state index in [9.17, 15) is 4.79 Å². The zero-order valence-electron chi connectivity index (χ0n) is 16.5. The van der Waals surface area contributed by atoms with E-state index < -0.39 is 6.10 Å². The molecule has 1 aliphatic heterocycles. The van der Waals surface area contributed by atoms with E-state index in [1.807, 2.05) is 39.0 Å². The Kier molecular flexibility index (Phi) is 5.31. The van der Waals surface area contributed by atoms with Crippen LogP contribution in [0.15, 0.2) is 42.5 Å². The second-order valence-electron chi connectivity index (χ2n) is 7.60. The number of methoxy groups -OCH3 is 1. The van der Waals surface area contributed by atoms with Crippen molar-refractivity contribution in [1.29, 1.82) is 0 Å². The number of fused-ring (bicyclic) bond motifs is 1. The van der Waals surface area contributed by atoms with Gasteiger partial charge in [0.1, 0.15) is 22.8 Å². The Bertz CT molecular complexity index is 814. The van der Waals surface area contributed by atoms with Crippen molar-refractivity contribution in [3.8, 4) is 17.2 Å². The molecule has 0 aromatic heterocycles. The highest BCUT2D eigenvalue weighted by molar-refractivity contribution is 5.81. The van der Waals surface area contributed by atoms with Crippen LogP contribution in [-0.2, 0) is 4.79 Å². The van der Waals surface area contributed by atoms with Gasteiger partial charge in [-0.2, -0.15) is 0 Å². The van der Waals surface area contributed by atoms with Gasteiger partial charge in [-0.15, -0.1) is 0 Å². The molecular weight excluding hydrogens is 342 g/mol. The lowest BCUT2D eigenvalue weighted by molar-refractivity contribution is -0.128. The number of carbonyl (C=O) groups excluding carboxylic acids is 1. The van der Waals surface area contributed by atoms with Crippen LogP contribution in [-0.4, -0.2) is 24.7 Å². The predicted molar refractivity (Wildman–Crippen MR) is 104 cm³/mol. The van der Waals surface area contributed by atoms with Gasteiger partial charge in [-0.25, -0.2) is 0 Å². The van der Waals surface area contributed by atoms with E-state index in [0.717, 1.165) is 22.6 Å². The Balaban J connectivity index is 1.71. The minimum Gasteiger partial charge on any atom is -0.497 e. The van der Waals surface area contributed by atoms with Crippen molar-refractivity contribution in [2.45, 2.75) is 51.9 Å². The molecule has 0 radical (unpaired) electrons. The molecule has 2 aromatic rings. The minimum absolute atomic E-state index is 0.112. The lowest BCUT2D eigenvalue weighted by atomic mass is 9.89. The van der Waals surface area contributed by atoms with Gasteiger partial charge in [0, 0.05) is 12.0 Å². The number of carbonyl (C=O) groups is 1. The summed E-state index contributed by atoms with van der Waals surface area (Å²) in [7, 11) is 1.61. The Morgan fingerprint density at radius 1 is 1.19 bits per heavy atom. The van der Waals surface area contributed by atoms with Crippen LogP contribution in [0, 0.1) is 6.92 Å². The van der Waals surface area contributed by atoms with Crippen molar-refractivity contribution in [2.24, 2.45) is 0 Å². The molecule has 0 unspecified atom stereocenters. The molecule has 1 aliphatic rings. The summed E-state index contributed by atoms with van der Waals surface area (Å²) in [6.07, 6.45) is 0.0857. The van der Waals surface area contributed by atoms with Crippen molar-refractivity contribution in [2.75, 3.05) is 7.11 Å². The molecule has 0 spiro atoms. The zero-order valence-corrected chi connectivity index (χ0v) is 16.5. The Labute approximate surface area is 160 Å². The maximum atomic E-state index is 12.7. The SMILES string of the molecule is COc1ccc(O[C@H](C)C(=O)N[C@H]2CC(C)(C)Oc3cc(C)ccc32)cc1. The molecule has 2 atom stereocenters. The molecule has 0 saturated carbocycles. The van der Waals surface area contributed by atoms with Gasteiger partial charge in [-0.1, -0.05) is 12.1 Å². The van der Waals surface area contributed by atoms with Gasteiger partial charge in [0.15, 0.2) is 6.10 Å². The summed E-state index contributed by atoms with van der Waals surface area (Å²) in [5, 5.41) is 3.12. The van der Waals surface area contributed by atoms with E-state index in [2.05, 4.69) is 5.32 Å². The van der Waals surface area contributed by atoms with Gasteiger partial charge in [0.25, 0.3) is 5.91 Å². The van der Waals surface area contributed by atoms with Crippen molar-refractivity contribution in [3.05, 3.63) is 53.6 Å². The molecule has 1 heterocycles. The average molecular weight is 369 g/mol. The van der Waals surface area contributed by atoms with E-state index in [-0.39, 0.29) is 17.6 Å². The standard InChI is InChI=1S/C22H27NO4/c1-14-6-11-18-19(13-22(3,4)27-20(18)12-14)23-21(24)15(2)26-17-9-7-16(25-5)8-10-17/h6-12,15,19H,13H2,1-5H3,(H,23,24)/t15-,19+/m1/s1. The summed E-state index contributed by atoms with van der Waals surface area (Å²) >= 11 is 0. The smallest absolute Gasteiger partial charge is 0.261 e. The number of amides is 1. The summed E-state index contributed by atoms with van der Waals surface area (Å²) in [5.74, 6) is 2.05. The van der Waals surface area contributed by atoms with Gasteiger partial charge in [0.2, 0.25) is 0 Å². The number of hydrogen-bond acceptors (Lipinski definition) is 4. The van der Waals surface area contributed by atoms with Crippen LogP contribution < -0.4 is 19.5 Å². The fourth-order valence-electron chi connectivity index (χ4n) is 3.29. The molecule has 5 nitrogen and oxygen atoms in total. The third-order valence-electron chi connectivity index (χ3n) is 4.68. The normalized spacial score (nSPS) is 18.6. The largest absolute Gasteiger partial charge is 0.497 e. The third-order valence-corrected chi connectivity index (χ3v) is 4.68. The molecule has 1 amide bonds. The van der Waals surface area contributed by atoms with Gasteiger partial charge >= 0.3 is 0 Å². The maximum absolute atomic E-state index is 12.7. The first-order valence-corrected chi connectivity index (χ1v) is 9.18. The summed E-state index contributed by atoms with van der Waals surface area (Å²) in [5.41, 5.74) is 1.79. The van der Waals surface area contributed by atoms with Crippen LogP contribution in [0.2, 0.25) is 0 Å². The van der Waals surface area contributed by atoms with Crippen molar-refractivity contribution in [1.82, 2.24) is 5.32 Å².